The number of H-pyrrole nitrogens is 1. The van der Waals surface area contributed by atoms with E-state index >= 15 is 0 Å². The molecule has 0 atom stereocenters. The Morgan fingerprint density at radius 1 is 1.39 bits per heavy atom. The molecule has 1 aliphatic rings. The highest BCUT2D eigenvalue weighted by Gasteiger charge is 2.14. The first-order valence-electron chi connectivity index (χ1n) is 6.26. The molecule has 0 aromatic carbocycles. The lowest BCUT2D eigenvalue weighted by Gasteiger charge is -2.23. The van der Waals surface area contributed by atoms with Gasteiger partial charge in [-0.1, -0.05) is 6.92 Å². The van der Waals surface area contributed by atoms with Crippen molar-refractivity contribution in [3.63, 3.8) is 0 Å². The molecule has 0 saturated carbocycles. The van der Waals surface area contributed by atoms with Gasteiger partial charge in [0.05, 0.1) is 13.2 Å². The number of aromatic amines is 1. The Bertz CT molecular complexity index is 500. The van der Waals surface area contributed by atoms with Crippen molar-refractivity contribution >= 4 is 0 Å². The highest BCUT2D eigenvalue weighted by molar-refractivity contribution is 5.03. The fourth-order valence-corrected chi connectivity index (χ4v) is 1.92. The van der Waals surface area contributed by atoms with Crippen molar-refractivity contribution in [1.82, 2.24) is 9.55 Å². The van der Waals surface area contributed by atoms with Crippen molar-refractivity contribution in [3.8, 4) is 0 Å². The van der Waals surface area contributed by atoms with Crippen molar-refractivity contribution in [2.75, 3.05) is 13.2 Å². The highest BCUT2D eigenvalue weighted by Crippen LogP contribution is 2.09. The molecule has 100 valence electrons. The number of nitrogens with one attached hydrogen (secondary N) is 1. The van der Waals surface area contributed by atoms with E-state index in [-0.39, 0.29) is 17.5 Å². The Labute approximate surface area is 105 Å². The van der Waals surface area contributed by atoms with Crippen molar-refractivity contribution in [3.05, 3.63) is 32.6 Å². The molecule has 6 heteroatoms. The Kier molecular flexibility index (Phi) is 4.33. The largest absolute Gasteiger partial charge is 0.353 e. The molecule has 0 bridgehead atoms. The summed E-state index contributed by atoms with van der Waals surface area (Å²) in [6.45, 7) is 3.76. The predicted octanol–water partition coefficient (Wildman–Crippen LogP) is 0.252. The normalized spacial score (nSPS) is 16.9. The maximum absolute atomic E-state index is 11.6. The summed E-state index contributed by atoms with van der Waals surface area (Å²) in [4.78, 5) is 25.3. The fraction of sp³-hybridized carbons (Fsp3) is 0.667. The van der Waals surface area contributed by atoms with Gasteiger partial charge in [0.15, 0.2) is 6.29 Å². The van der Waals surface area contributed by atoms with E-state index in [1.165, 1.54) is 4.57 Å². The summed E-state index contributed by atoms with van der Waals surface area (Å²) >= 11 is 0. The molecular formula is C12H18N2O4. The molecule has 0 amide bonds. The van der Waals surface area contributed by atoms with Crippen LogP contribution in [0, 0.1) is 0 Å². The number of hydrogen-bond acceptors (Lipinski definition) is 4. The lowest BCUT2D eigenvalue weighted by molar-refractivity contribution is -0.182. The van der Waals surface area contributed by atoms with E-state index in [0.717, 1.165) is 6.42 Å². The number of nitrogens with zero attached hydrogens (tertiary/aromatic N) is 1. The van der Waals surface area contributed by atoms with Crippen LogP contribution in [-0.4, -0.2) is 29.1 Å². The smallest absolute Gasteiger partial charge is 0.328 e. The van der Waals surface area contributed by atoms with Gasteiger partial charge in [-0.2, -0.15) is 0 Å². The quantitative estimate of drug-likeness (QED) is 0.836. The molecule has 2 rings (SSSR count). The molecule has 1 saturated heterocycles. The van der Waals surface area contributed by atoms with E-state index in [2.05, 4.69) is 4.98 Å². The first-order chi connectivity index (χ1) is 8.70. The van der Waals surface area contributed by atoms with Gasteiger partial charge < -0.3 is 14.0 Å². The van der Waals surface area contributed by atoms with Crippen LogP contribution >= 0.6 is 0 Å². The van der Waals surface area contributed by atoms with Gasteiger partial charge in [0.2, 0.25) is 0 Å². The van der Waals surface area contributed by atoms with Crippen LogP contribution in [0.1, 0.15) is 25.3 Å². The van der Waals surface area contributed by atoms with Crippen molar-refractivity contribution < 1.29 is 9.47 Å². The molecule has 0 aliphatic carbocycles. The van der Waals surface area contributed by atoms with Crippen LogP contribution in [0.5, 0.6) is 0 Å². The summed E-state index contributed by atoms with van der Waals surface area (Å²) in [6, 6.07) is 0. The van der Waals surface area contributed by atoms with Crippen LogP contribution < -0.4 is 11.2 Å². The van der Waals surface area contributed by atoms with Crippen molar-refractivity contribution in [1.29, 1.82) is 0 Å². The number of rotatable bonds is 4. The minimum atomic E-state index is -0.381. The van der Waals surface area contributed by atoms with E-state index in [1.54, 1.807) is 6.20 Å². The molecule has 6 nitrogen and oxygen atoms in total. The Hall–Kier alpha value is -1.40. The van der Waals surface area contributed by atoms with Crippen LogP contribution in [0.25, 0.3) is 0 Å². The Morgan fingerprint density at radius 2 is 2.11 bits per heavy atom. The third-order valence-electron chi connectivity index (χ3n) is 2.97. The van der Waals surface area contributed by atoms with Crippen LogP contribution in [0.4, 0.5) is 0 Å². The van der Waals surface area contributed by atoms with Crippen LogP contribution in [-0.2, 0) is 22.4 Å². The average molecular weight is 254 g/mol. The van der Waals surface area contributed by atoms with Gasteiger partial charge in [-0.05, 0) is 12.8 Å². The first kappa shape index (κ1) is 13.0. The first-order valence-corrected chi connectivity index (χ1v) is 6.26. The van der Waals surface area contributed by atoms with E-state index in [1.807, 2.05) is 6.92 Å². The minimum absolute atomic E-state index is 0.248. The zero-order valence-electron chi connectivity index (χ0n) is 10.5. The molecule has 1 aromatic heterocycles. The SMILES string of the molecule is CCc1cn(CCC2OCCCO2)c(=O)[nH]c1=O. The Morgan fingerprint density at radius 3 is 2.78 bits per heavy atom. The molecule has 2 heterocycles. The number of aryl methyl sites for hydroxylation is 2. The van der Waals surface area contributed by atoms with E-state index in [0.29, 0.717) is 38.2 Å². The zero-order valence-corrected chi connectivity index (χ0v) is 10.5. The molecule has 0 radical (unpaired) electrons. The van der Waals surface area contributed by atoms with E-state index < -0.39 is 0 Å². The average Bonchev–Trinajstić information content (AvgIpc) is 2.39. The molecule has 1 aliphatic heterocycles. The summed E-state index contributed by atoms with van der Waals surface area (Å²) in [6.07, 6.45) is 3.49. The van der Waals surface area contributed by atoms with Gasteiger partial charge in [-0.3, -0.25) is 9.78 Å². The van der Waals surface area contributed by atoms with E-state index in [9.17, 15) is 9.59 Å². The summed E-state index contributed by atoms with van der Waals surface area (Å²) in [5.41, 5.74) is -0.0722. The summed E-state index contributed by atoms with van der Waals surface area (Å²) in [5.74, 6) is 0. The van der Waals surface area contributed by atoms with E-state index in [4.69, 9.17) is 9.47 Å². The monoisotopic (exact) mass is 254 g/mol. The second kappa shape index (κ2) is 5.97. The molecule has 1 fully saturated rings. The second-order valence-corrected chi connectivity index (χ2v) is 4.27. The third kappa shape index (κ3) is 3.08. The predicted molar refractivity (Wildman–Crippen MR) is 65.6 cm³/mol. The van der Waals surface area contributed by atoms with Gasteiger partial charge in [0.25, 0.3) is 5.56 Å². The van der Waals surface area contributed by atoms with Crippen LogP contribution in [0.15, 0.2) is 15.8 Å². The lowest BCUT2D eigenvalue weighted by Crippen LogP contribution is -2.33. The summed E-state index contributed by atoms with van der Waals surface area (Å²) in [5, 5.41) is 0. The molecule has 1 N–H and O–H groups in total. The number of ether oxygens (including phenoxy) is 2. The van der Waals surface area contributed by atoms with Gasteiger partial charge in [-0.15, -0.1) is 0 Å². The second-order valence-electron chi connectivity index (χ2n) is 4.27. The highest BCUT2D eigenvalue weighted by atomic mass is 16.7. The maximum Gasteiger partial charge on any atom is 0.328 e. The van der Waals surface area contributed by atoms with Crippen LogP contribution in [0.3, 0.4) is 0 Å². The van der Waals surface area contributed by atoms with Gasteiger partial charge in [0, 0.05) is 24.7 Å². The summed E-state index contributed by atoms with van der Waals surface area (Å²) < 4.78 is 12.3. The molecule has 0 unspecified atom stereocenters. The standard InChI is InChI=1S/C12H18N2O4/c1-2-9-8-14(12(16)13-11(9)15)5-4-10-17-6-3-7-18-10/h8,10H,2-7H2,1H3,(H,13,15,16). The van der Waals surface area contributed by atoms with Crippen molar-refractivity contribution in [2.45, 2.75) is 39.0 Å². The van der Waals surface area contributed by atoms with Crippen LogP contribution in [0.2, 0.25) is 0 Å². The van der Waals surface area contributed by atoms with Gasteiger partial charge in [-0.25, -0.2) is 4.79 Å². The maximum atomic E-state index is 11.6. The van der Waals surface area contributed by atoms with Gasteiger partial charge >= 0.3 is 5.69 Å². The molecule has 1 aromatic rings. The van der Waals surface area contributed by atoms with Gasteiger partial charge in [0.1, 0.15) is 0 Å². The summed E-state index contributed by atoms with van der Waals surface area (Å²) in [7, 11) is 0. The topological polar surface area (TPSA) is 73.3 Å². The number of aromatic nitrogens is 2. The number of hydrogen-bond donors (Lipinski definition) is 1. The third-order valence-corrected chi connectivity index (χ3v) is 2.97. The lowest BCUT2D eigenvalue weighted by atomic mass is 10.2. The Balaban J connectivity index is 2.04. The minimum Gasteiger partial charge on any atom is -0.353 e. The zero-order chi connectivity index (χ0) is 13.0. The van der Waals surface area contributed by atoms with Crippen molar-refractivity contribution in [2.24, 2.45) is 0 Å². The molecule has 0 spiro atoms. The molecule has 18 heavy (non-hydrogen) atoms. The molecular weight excluding hydrogens is 236 g/mol. The fourth-order valence-electron chi connectivity index (χ4n) is 1.92.